The van der Waals surface area contributed by atoms with E-state index < -0.39 is 0 Å². The van der Waals surface area contributed by atoms with Gasteiger partial charge in [-0.15, -0.1) is 0 Å². The number of hydrogen-bond acceptors (Lipinski definition) is 4. The van der Waals surface area contributed by atoms with Gasteiger partial charge in [0.05, 0.1) is 25.7 Å². The molecule has 1 aliphatic heterocycles. The Kier molecular flexibility index (Phi) is 4.98. The Morgan fingerprint density at radius 1 is 1.26 bits per heavy atom. The van der Waals surface area contributed by atoms with Crippen LogP contribution in [0.1, 0.15) is 29.8 Å². The molecule has 0 radical (unpaired) electrons. The Hall–Kier alpha value is -1.85. The van der Waals surface area contributed by atoms with Gasteiger partial charge in [-0.25, -0.2) is 4.98 Å². The van der Waals surface area contributed by atoms with Gasteiger partial charge in [-0.1, -0.05) is 12.1 Å². The van der Waals surface area contributed by atoms with Crippen LogP contribution >= 0.6 is 0 Å². The molecule has 3 rings (SSSR count). The molecule has 1 unspecified atom stereocenters. The summed E-state index contributed by atoms with van der Waals surface area (Å²) in [5.41, 5.74) is 3.79. The van der Waals surface area contributed by atoms with Crippen molar-refractivity contribution in [3.63, 3.8) is 0 Å². The number of imidazole rings is 1. The summed E-state index contributed by atoms with van der Waals surface area (Å²) in [5, 5.41) is 0. The maximum absolute atomic E-state index is 5.70. The number of hydrogen-bond donors (Lipinski definition) is 0. The van der Waals surface area contributed by atoms with E-state index in [-0.39, 0.29) is 0 Å². The first-order chi connectivity index (χ1) is 11.2. The van der Waals surface area contributed by atoms with Gasteiger partial charge in [-0.3, -0.25) is 4.90 Å². The highest BCUT2D eigenvalue weighted by Gasteiger charge is 2.29. The monoisotopic (exact) mass is 315 g/mol. The zero-order chi connectivity index (χ0) is 16.2. The minimum atomic E-state index is 0.379. The van der Waals surface area contributed by atoms with Crippen molar-refractivity contribution in [1.82, 2.24) is 14.5 Å². The molecule has 1 aromatic heterocycles. The molecule has 2 aromatic rings. The van der Waals surface area contributed by atoms with E-state index in [2.05, 4.69) is 33.6 Å². The Morgan fingerprint density at radius 3 is 2.74 bits per heavy atom. The molecule has 0 N–H and O–H groups in total. The summed E-state index contributed by atoms with van der Waals surface area (Å²) in [7, 11) is 3.77. The fraction of sp³-hybridized carbons (Fsp3) is 0.500. The number of nitrogens with zero attached hydrogens (tertiary/aromatic N) is 3. The molecule has 0 saturated carbocycles. The second-order valence-corrected chi connectivity index (χ2v) is 6.06. The summed E-state index contributed by atoms with van der Waals surface area (Å²) in [6, 6.07) is 8.29. The highest BCUT2D eigenvalue weighted by molar-refractivity contribution is 5.28. The number of ether oxygens (including phenoxy) is 2. The summed E-state index contributed by atoms with van der Waals surface area (Å²) in [6.07, 6.45) is 1.92. The van der Waals surface area contributed by atoms with Crippen molar-refractivity contribution in [2.24, 2.45) is 7.05 Å². The second-order valence-electron chi connectivity index (χ2n) is 6.06. The summed E-state index contributed by atoms with van der Waals surface area (Å²) >= 11 is 0. The van der Waals surface area contributed by atoms with Crippen molar-refractivity contribution in [3.8, 4) is 5.75 Å². The SMILES string of the molecule is CCOCC1CN(Cc2ccc(OC)cc2)Cc2ncn(C)c21. The van der Waals surface area contributed by atoms with Crippen LogP contribution < -0.4 is 4.74 Å². The molecular weight excluding hydrogens is 290 g/mol. The third-order valence-electron chi connectivity index (χ3n) is 4.39. The number of aromatic nitrogens is 2. The molecule has 0 bridgehead atoms. The Bertz CT molecular complexity index is 636. The minimum Gasteiger partial charge on any atom is -0.497 e. The molecular formula is C18H25N3O2. The van der Waals surface area contributed by atoms with Crippen LogP contribution in [-0.2, 0) is 24.9 Å². The highest BCUT2D eigenvalue weighted by Crippen LogP contribution is 2.28. The summed E-state index contributed by atoms with van der Waals surface area (Å²) in [5.74, 6) is 1.28. The number of fused-ring (bicyclic) bond motifs is 1. The van der Waals surface area contributed by atoms with Crippen LogP contribution in [0, 0.1) is 0 Å². The zero-order valence-electron chi connectivity index (χ0n) is 14.2. The van der Waals surface area contributed by atoms with E-state index in [0.717, 1.165) is 38.6 Å². The van der Waals surface area contributed by atoms with Crippen LogP contribution in [0.25, 0.3) is 0 Å². The van der Waals surface area contributed by atoms with Gasteiger partial charge in [0, 0.05) is 44.9 Å². The molecule has 0 aliphatic carbocycles. The lowest BCUT2D eigenvalue weighted by molar-refractivity contribution is 0.102. The van der Waals surface area contributed by atoms with Crippen molar-refractivity contribution >= 4 is 0 Å². The smallest absolute Gasteiger partial charge is 0.118 e. The molecule has 5 heteroatoms. The molecule has 0 fully saturated rings. The molecule has 2 heterocycles. The van der Waals surface area contributed by atoms with E-state index in [1.165, 1.54) is 17.0 Å². The average molecular weight is 315 g/mol. The van der Waals surface area contributed by atoms with Crippen molar-refractivity contribution in [2.75, 3.05) is 26.9 Å². The molecule has 0 saturated heterocycles. The largest absolute Gasteiger partial charge is 0.497 e. The topological polar surface area (TPSA) is 39.5 Å². The van der Waals surface area contributed by atoms with Crippen molar-refractivity contribution in [1.29, 1.82) is 0 Å². The van der Waals surface area contributed by atoms with Crippen molar-refractivity contribution < 1.29 is 9.47 Å². The molecule has 1 atom stereocenters. The Labute approximate surface area is 137 Å². The van der Waals surface area contributed by atoms with Crippen molar-refractivity contribution in [2.45, 2.75) is 25.9 Å². The van der Waals surface area contributed by atoms with E-state index in [0.29, 0.717) is 5.92 Å². The Balaban J connectivity index is 1.73. The van der Waals surface area contributed by atoms with Crippen LogP contribution in [0.4, 0.5) is 0 Å². The lowest BCUT2D eigenvalue weighted by atomic mass is 9.98. The molecule has 0 amide bonds. The van der Waals surface area contributed by atoms with Gasteiger partial charge in [0.15, 0.2) is 0 Å². The van der Waals surface area contributed by atoms with Crippen LogP contribution in [0.15, 0.2) is 30.6 Å². The van der Waals surface area contributed by atoms with Crippen molar-refractivity contribution in [3.05, 3.63) is 47.5 Å². The quantitative estimate of drug-likeness (QED) is 0.821. The maximum atomic E-state index is 5.70. The standard InChI is InChI=1S/C18H25N3O2/c1-4-23-12-15-10-21(11-17-18(15)20(2)13-19-17)9-14-5-7-16(22-3)8-6-14/h5-8,13,15H,4,9-12H2,1-3H3. The average Bonchev–Trinajstić information content (AvgIpc) is 2.94. The molecule has 23 heavy (non-hydrogen) atoms. The number of methoxy groups -OCH3 is 1. The third kappa shape index (κ3) is 3.57. The summed E-state index contributed by atoms with van der Waals surface area (Å²) < 4.78 is 13.1. The molecule has 0 spiro atoms. The maximum Gasteiger partial charge on any atom is 0.118 e. The first-order valence-electron chi connectivity index (χ1n) is 8.14. The lowest BCUT2D eigenvalue weighted by Gasteiger charge is -2.32. The van der Waals surface area contributed by atoms with Crippen LogP contribution in [0.3, 0.4) is 0 Å². The summed E-state index contributed by atoms with van der Waals surface area (Å²) in [6.45, 7) is 6.36. The summed E-state index contributed by atoms with van der Waals surface area (Å²) in [4.78, 5) is 7.02. The number of aryl methyl sites for hydroxylation is 1. The van der Waals surface area contributed by atoms with E-state index in [1.54, 1.807) is 7.11 Å². The number of benzene rings is 1. The minimum absolute atomic E-state index is 0.379. The van der Waals surface area contributed by atoms with E-state index >= 15 is 0 Å². The Morgan fingerprint density at radius 2 is 2.04 bits per heavy atom. The van der Waals surface area contributed by atoms with Gasteiger partial charge in [0.25, 0.3) is 0 Å². The molecule has 5 nitrogen and oxygen atoms in total. The molecule has 1 aliphatic rings. The zero-order valence-corrected chi connectivity index (χ0v) is 14.2. The molecule has 1 aromatic carbocycles. The molecule has 124 valence electrons. The predicted molar refractivity (Wildman–Crippen MR) is 89.6 cm³/mol. The first kappa shape index (κ1) is 16.0. The fourth-order valence-electron chi connectivity index (χ4n) is 3.31. The third-order valence-corrected chi connectivity index (χ3v) is 4.39. The van der Waals surface area contributed by atoms with E-state index in [9.17, 15) is 0 Å². The fourth-order valence-corrected chi connectivity index (χ4v) is 3.31. The second kappa shape index (κ2) is 7.15. The van der Waals surface area contributed by atoms with Gasteiger partial charge in [-0.05, 0) is 24.6 Å². The van der Waals surface area contributed by atoms with Gasteiger partial charge in [-0.2, -0.15) is 0 Å². The van der Waals surface area contributed by atoms with Crippen LogP contribution in [-0.4, -0.2) is 41.3 Å². The van der Waals surface area contributed by atoms with E-state index in [1.807, 2.05) is 25.4 Å². The van der Waals surface area contributed by atoms with Gasteiger partial charge in [0.2, 0.25) is 0 Å². The number of rotatable bonds is 6. The lowest BCUT2D eigenvalue weighted by Crippen LogP contribution is -2.36. The van der Waals surface area contributed by atoms with Crippen LogP contribution in [0.5, 0.6) is 5.75 Å². The van der Waals surface area contributed by atoms with Gasteiger partial charge >= 0.3 is 0 Å². The van der Waals surface area contributed by atoms with Crippen LogP contribution in [0.2, 0.25) is 0 Å². The first-order valence-corrected chi connectivity index (χ1v) is 8.14. The van der Waals surface area contributed by atoms with Gasteiger partial charge < -0.3 is 14.0 Å². The normalized spacial score (nSPS) is 18.0. The van der Waals surface area contributed by atoms with E-state index in [4.69, 9.17) is 9.47 Å². The highest BCUT2D eigenvalue weighted by atomic mass is 16.5. The van der Waals surface area contributed by atoms with Gasteiger partial charge in [0.1, 0.15) is 5.75 Å². The predicted octanol–water partition coefficient (Wildman–Crippen LogP) is 2.56.